The molecule has 1 heterocycles. The second-order valence-corrected chi connectivity index (χ2v) is 7.93. The lowest BCUT2D eigenvalue weighted by molar-refractivity contribution is 0.0995. The molecule has 0 bridgehead atoms. The first kappa shape index (κ1) is 18.4. The normalized spacial score (nSPS) is 12.6. The van der Waals surface area contributed by atoms with Crippen LogP contribution in [0.1, 0.15) is 51.0 Å². The number of hydrogen-bond acceptors (Lipinski definition) is 4. The van der Waals surface area contributed by atoms with Crippen LogP contribution in [0, 0.1) is 0 Å². The highest BCUT2D eigenvalue weighted by molar-refractivity contribution is 7.90. The van der Waals surface area contributed by atoms with Gasteiger partial charge in [0.2, 0.25) is 0 Å². The van der Waals surface area contributed by atoms with Gasteiger partial charge in [-0.05, 0) is 27.2 Å². The Morgan fingerprint density at radius 1 is 1.45 bits per heavy atom. The van der Waals surface area contributed by atoms with Gasteiger partial charge in [-0.3, -0.25) is 14.2 Å². The van der Waals surface area contributed by atoms with Crippen LogP contribution in [-0.2, 0) is 15.7 Å². The Morgan fingerprint density at radius 2 is 2.05 bits per heavy atom. The van der Waals surface area contributed by atoms with Crippen LogP contribution in [0.2, 0.25) is 0 Å². The van der Waals surface area contributed by atoms with Crippen molar-refractivity contribution in [2.24, 2.45) is 5.73 Å². The van der Waals surface area contributed by atoms with E-state index in [4.69, 9.17) is 5.73 Å². The first-order chi connectivity index (χ1) is 9.99. The van der Waals surface area contributed by atoms with E-state index in [9.17, 15) is 13.2 Å². The second-order valence-electron chi connectivity index (χ2n) is 6.15. The van der Waals surface area contributed by atoms with E-state index in [1.165, 1.54) is 22.2 Å². The van der Waals surface area contributed by atoms with Crippen LogP contribution in [-0.4, -0.2) is 42.0 Å². The van der Waals surface area contributed by atoms with Crippen molar-refractivity contribution in [1.29, 1.82) is 0 Å². The minimum absolute atomic E-state index is 0.0887. The number of carbonyl (C=O) groups excluding carboxylic acids is 1. The number of amides is 1. The van der Waals surface area contributed by atoms with E-state index in [0.717, 1.165) is 12.8 Å². The number of primary amides is 1. The third-order valence-corrected chi connectivity index (χ3v) is 4.59. The van der Waals surface area contributed by atoms with Crippen LogP contribution in [0.4, 0.5) is 5.69 Å². The lowest BCUT2D eigenvalue weighted by atomic mass is 10.1. The van der Waals surface area contributed by atoms with E-state index in [0.29, 0.717) is 6.54 Å². The van der Waals surface area contributed by atoms with Crippen LogP contribution >= 0.6 is 0 Å². The lowest BCUT2D eigenvalue weighted by Gasteiger charge is -2.19. The number of hydrogen-bond donors (Lipinski definition) is 2. The Labute approximate surface area is 131 Å². The highest BCUT2D eigenvalue weighted by Gasteiger charge is 2.25. The van der Waals surface area contributed by atoms with Gasteiger partial charge in [0.05, 0.1) is 11.7 Å². The van der Waals surface area contributed by atoms with Gasteiger partial charge in [-0.25, -0.2) is 0 Å². The predicted molar refractivity (Wildman–Crippen MR) is 85.8 cm³/mol. The molecule has 1 aromatic rings. The van der Waals surface area contributed by atoms with Gasteiger partial charge >= 0.3 is 10.2 Å². The number of nitrogens with two attached hydrogens (primary N) is 1. The van der Waals surface area contributed by atoms with E-state index >= 15 is 0 Å². The third kappa shape index (κ3) is 4.44. The van der Waals surface area contributed by atoms with Crippen LogP contribution < -0.4 is 10.5 Å². The van der Waals surface area contributed by atoms with Gasteiger partial charge in [-0.2, -0.15) is 17.8 Å². The predicted octanol–water partition coefficient (Wildman–Crippen LogP) is 1.13. The Morgan fingerprint density at radius 3 is 2.50 bits per heavy atom. The number of rotatable bonds is 7. The number of nitrogens with one attached hydrogen (secondary N) is 1. The molecular formula is C13H25N5O3S. The fraction of sp³-hybridized carbons (Fsp3) is 0.692. The van der Waals surface area contributed by atoms with Gasteiger partial charge in [0.25, 0.3) is 5.91 Å². The summed E-state index contributed by atoms with van der Waals surface area (Å²) in [5.41, 5.74) is 4.88. The fourth-order valence-corrected chi connectivity index (χ4v) is 2.64. The summed E-state index contributed by atoms with van der Waals surface area (Å²) < 4.78 is 29.6. The number of carbonyl (C=O) groups is 1. The molecule has 1 rings (SSSR count). The average Bonchev–Trinajstić information content (AvgIpc) is 2.78. The summed E-state index contributed by atoms with van der Waals surface area (Å²) in [7, 11) is -2.27. The first-order valence-corrected chi connectivity index (χ1v) is 8.57. The molecule has 0 aliphatic carbocycles. The van der Waals surface area contributed by atoms with E-state index in [1.54, 1.807) is 0 Å². The van der Waals surface area contributed by atoms with E-state index in [-0.39, 0.29) is 11.4 Å². The summed E-state index contributed by atoms with van der Waals surface area (Å²) in [5.74, 6) is -0.781. The molecule has 0 unspecified atom stereocenters. The summed E-state index contributed by atoms with van der Waals surface area (Å²) in [6.07, 6.45) is 3.11. The molecule has 3 N–H and O–H groups in total. The summed E-state index contributed by atoms with van der Waals surface area (Å²) in [6, 6.07) is 0. The molecule has 0 aliphatic rings. The number of nitrogens with zero attached hydrogens (tertiary/aromatic N) is 3. The molecule has 0 aromatic carbocycles. The topological polar surface area (TPSA) is 110 Å². The minimum atomic E-state index is -3.75. The quantitative estimate of drug-likeness (QED) is 0.780. The van der Waals surface area contributed by atoms with E-state index in [1.807, 2.05) is 27.7 Å². The zero-order chi connectivity index (χ0) is 17.1. The van der Waals surface area contributed by atoms with E-state index < -0.39 is 21.7 Å². The van der Waals surface area contributed by atoms with Crippen molar-refractivity contribution in [2.45, 2.75) is 46.1 Å². The highest BCUT2D eigenvalue weighted by atomic mass is 32.2. The second kappa shape index (κ2) is 6.66. The van der Waals surface area contributed by atoms with Gasteiger partial charge < -0.3 is 5.73 Å². The number of unbranched alkanes of at least 4 members (excludes halogenated alkanes) is 1. The Balaban J connectivity index is 3.11. The van der Waals surface area contributed by atoms with Gasteiger partial charge in [0.15, 0.2) is 5.69 Å². The molecular weight excluding hydrogens is 306 g/mol. The van der Waals surface area contributed by atoms with Gasteiger partial charge in [-0.15, -0.1) is 0 Å². The van der Waals surface area contributed by atoms with Crippen LogP contribution in [0.15, 0.2) is 6.20 Å². The third-order valence-electron chi connectivity index (χ3n) is 3.11. The molecule has 0 radical (unpaired) electrons. The molecule has 0 fully saturated rings. The SMILES string of the molecule is CCCCN(C)S(=O)(=O)Nc1cn(C(C)(C)C)nc1C(N)=O. The smallest absolute Gasteiger partial charge is 0.301 e. The molecule has 126 valence electrons. The zero-order valence-corrected chi connectivity index (χ0v) is 14.6. The molecule has 1 aromatic heterocycles. The van der Waals surface area contributed by atoms with Crippen molar-refractivity contribution in [3.8, 4) is 0 Å². The monoisotopic (exact) mass is 331 g/mol. The standard InChI is InChI=1S/C13H25N5O3S/c1-6-7-8-17(5)22(20,21)16-10-9-18(13(2,3)4)15-11(10)12(14)19/h9,16H,6-8H2,1-5H3,(H2,14,19). The average molecular weight is 331 g/mol. The maximum Gasteiger partial charge on any atom is 0.301 e. The van der Waals surface area contributed by atoms with Crippen molar-refractivity contribution in [3.63, 3.8) is 0 Å². The van der Waals surface area contributed by atoms with Crippen molar-refractivity contribution in [2.75, 3.05) is 18.3 Å². The summed E-state index contributed by atoms with van der Waals surface area (Å²) >= 11 is 0. The number of anilines is 1. The Hall–Kier alpha value is -1.61. The lowest BCUT2D eigenvalue weighted by Crippen LogP contribution is -2.33. The Kier molecular flexibility index (Phi) is 5.58. The molecule has 0 aliphatic heterocycles. The molecule has 0 atom stereocenters. The highest BCUT2D eigenvalue weighted by Crippen LogP contribution is 2.21. The van der Waals surface area contributed by atoms with Gasteiger partial charge in [0.1, 0.15) is 5.69 Å². The molecule has 0 saturated heterocycles. The van der Waals surface area contributed by atoms with Gasteiger partial charge in [-0.1, -0.05) is 13.3 Å². The first-order valence-electron chi connectivity index (χ1n) is 7.13. The minimum Gasteiger partial charge on any atom is -0.364 e. The van der Waals surface area contributed by atoms with Crippen molar-refractivity contribution < 1.29 is 13.2 Å². The maximum atomic E-state index is 12.3. The largest absolute Gasteiger partial charge is 0.364 e. The molecule has 1 amide bonds. The van der Waals surface area contributed by atoms with Crippen LogP contribution in [0.3, 0.4) is 0 Å². The summed E-state index contributed by atoms with van der Waals surface area (Å²) in [5, 5.41) is 4.08. The van der Waals surface area contributed by atoms with Crippen LogP contribution in [0.25, 0.3) is 0 Å². The fourth-order valence-electron chi connectivity index (χ4n) is 1.69. The maximum absolute atomic E-state index is 12.3. The van der Waals surface area contributed by atoms with Gasteiger partial charge in [0, 0.05) is 13.6 Å². The number of aromatic nitrogens is 2. The molecule has 0 spiro atoms. The molecule has 0 saturated carbocycles. The van der Waals surface area contributed by atoms with Crippen molar-refractivity contribution >= 4 is 21.8 Å². The summed E-state index contributed by atoms with van der Waals surface area (Å²) in [6.45, 7) is 8.03. The van der Waals surface area contributed by atoms with Crippen molar-refractivity contribution in [1.82, 2.24) is 14.1 Å². The molecule has 22 heavy (non-hydrogen) atoms. The molecule has 8 nitrogen and oxygen atoms in total. The zero-order valence-electron chi connectivity index (χ0n) is 13.8. The van der Waals surface area contributed by atoms with E-state index in [2.05, 4.69) is 9.82 Å². The summed E-state index contributed by atoms with van der Waals surface area (Å²) in [4.78, 5) is 11.5. The van der Waals surface area contributed by atoms with Crippen molar-refractivity contribution in [3.05, 3.63) is 11.9 Å². The Bertz CT molecular complexity index is 631. The molecule has 9 heteroatoms. The van der Waals surface area contributed by atoms with Crippen LogP contribution in [0.5, 0.6) is 0 Å².